The highest BCUT2D eigenvalue weighted by atomic mass is 15.2. The topological polar surface area (TPSA) is 28.2 Å². The molecular weight excluding hydrogens is 222 g/mol. The van der Waals surface area contributed by atoms with Gasteiger partial charge in [0.2, 0.25) is 0 Å². The van der Waals surface area contributed by atoms with E-state index in [0.29, 0.717) is 0 Å². The normalized spacial score (nSPS) is 24.3. The molecule has 1 aliphatic heterocycles. The van der Waals surface area contributed by atoms with Crippen LogP contribution in [0.2, 0.25) is 0 Å². The highest BCUT2D eigenvalue weighted by molar-refractivity contribution is 5.39. The first kappa shape index (κ1) is 13.3. The van der Waals surface area contributed by atoms with Gasteiger partial charge in [-0.2, -0.15) is 0 Å². The summed E-state index contributed by atoms with van der Waals surface area (Å²) in [7, 11) is 0. The Morgan fingerprint density at radius 3 is 2.78 bits per heavy atom. The van der Waals surface area contributed by atoms with Crippen molar-refractivity contribution in [3.8, 4) is 0 Å². The van der Waals surface area contributed by atoms with Crippen LogP contribution in [0.1, 0.15) is 32.8 Å². The Bertz CT molecular complexity index is 361. The van der Waals surface area contributed by atoms with Crippen LogP contribution in [0.15, 0.2) is 18.3 Å². The van der Waals surface area contributed by atoms with Crippen molar-refractivity contribution in [3.63, 3.8) is 0 Å². The largest absolute Gasteiger partial charge is 0.356 e. The van der Waals surface area contributed by atoms with Crippen molar-refractivity contribution in [2.24, 2.45) is 11.8 Å². The van der Waals surface area contributed by atoms with Gasteiger partial charge < -0.3 is 10.2 Å². The third-order valence-electron chi connectivity index (χ3n) is 4.05. The molecule has 0 saturated carbocycles. The molecule has 1 fully saturated rings. The zero-order valence-corrected chi connectivity index (χ0v) is 11.8. The van der Waals surface area contributed by atoms with Gasteiger partial charge in [-0.25, -0.2) is 4.98 Å². The Hall–Kier alpha value is -1.09. The molecule has 3 nitrogen and oxygen atoms in total. The van der Waals surface area contributed by atoms with Crippen LogP contribution in [0.3, 0.4) is 0 Å². The minimum absolute atomic E-state index is 0.766. The molecule has 1 aromatic heterocycles. The molecular formula is C15H25N3. The predicted octanol–water partition coefficient (Wildman–Crippen LogP) is 2.67. The second kappa shape index (κ2) is 6.19. The average molecular weight is 247 g/mol. The van der Waals surface area contributed by atoms with Gasteiger partial charge in [0.15, 0.2) is 0 Å². The van der Waals surface area contributed by atoms with Gasteiger partial charge in [-0.1, -0.05) is 26.8 Å². The minimum Gasteiger partial charge on any atom is -0.356 e. The molecule has 0 spiro atoms. The van der Waals surface area contributed by atoms with Crippen LogP contribution < -0.4 is 10.2 Å². The zero-order chi connectivity index (χ0) is 13.0. The maximum atomic E-state index is 4.60. The lowest BCUT2D eigenvalue weighted by atomic mass is 9.89. The zero-order valence-electron chi connectivity index (χ0n) is 11.8. The second-order valence-electron chi connectivity index (χ2n) is 5.49. The summed E-state index contributed by atoms with van der Waals surface area (Å²) < 4.78 is 0. The first-order chi connectivity index (χ1) is 8.70. The molecule has 18 heavy (non-hydrogen) atoms. The fraction of sp³-hybridized carbons (Fsp3) is 0.667. The standard InChI is InChI=1S/C15H25N3/c1-4-16-9-14-5-6-15(17-10-14)18-8-7-12(2)13(3)11-18/h5-6,10,12-13,16H,4,7-9,11H2,1-3H3. The van der Waals surface area contributed by atoms with E-state index in [4.69, 9.17) is 0 Å². The van der Waals surface area contributed by atoms with Gasteiger partial charge in [0.25, 0.3) is 0 Å². The first-order valence-electron chi connectivity index (χ1n) is 7.11. The molecule has 1 saturated heterocycles. The summed E-state index contributed by atoms with van der Waals surface area (Å²) in [5.74, 6) is 2.74. The smallest absolute Gasteiger partial charge is 0.128 e. The van der Waals surface area contributed by atoms with E-state index in [9.17, 15) is 0 Å². The third kappa shape index (κ3) is 3.22. The maximum absolute atomic E-state index is 4.60. The maximum Gasteiger partial charge on any atom is 0.128 e. The van der Waals surface area contributed by atoms with E-state index in [-0.39, 0.29) is 0 Å². The number of aromatic nitrogens is 1. The van der Waals surface area contributed by atoms with Crippen LogP contribution in [0.25, 0.3) is 0 Å². The van der Waals surface area contributed by atoms with Gasteiger partial charge in [-0.05, 0) is 36.4 Å². The van der Waals surface area contributed by atoms with Crippen LogP contribution in [-0.4, -0.2) is 24.6 Å². The van der Waals surface area contributed by atoms with Crippen molar-refractivity contribution in [2.75, 3.05) is 24.5 Å². The Labute approximate surface area is 111 Å². The molecule has 0 bridgehead atoms. The van der Waals surface area contributed by atoms with E-state index < -0.39 is 0 Å². The van der Waals surface area contributed by atoms with Gasteiger partial charge in [-0.3, -0.25) is 0 Å². The molecule has 0 aliphatic carbocycles. The summed E-state index contributed by atoms with van der Waals surface area (Å²) in [6.45, 7) is 11.0. The number of hydrogen-bond donors (Lipinski definition) is 1. The number of nitrogens with zero attached hydrogens (tertiary/aromatic N) is 2. The fourth-order valence-corrected chi connectivity index (χ4v) is 2.45. The number of hydrogen-bond acceptors (Lipinski definition) is 3. The Morgan fingerprint density at radius 1 is 1.33 bits per heavy atom. The molecule has 1 aliphatic rings. The molecule has 1 N–H and O–H groups in total. The Balaban J connectivity index is 1.97. The molecule has 3 heteroatoms. The van der Waals surface area contributed by atoms with Gasteiger partial charge in [0, 0.05) is 25.8 Å². The molecule has 1 aromatic rings. The number of pyridine rings is 1. The van der Waals surface area contributed by atoms with Gasteiger partial charge in [-0.15, -0.1) is 0 Å². The van der Waals surface area contributed by atoms with E-state index in [1.54, 1.807) is 0 Å². The Kier molecular flexibility index (Phi) is 4.59. The monoisotopic (exact) mass is 247 g/mol. The lowest BCUT2D eigenvalue weighted by Gasteiger charge is -2.36. The number of anilines is 1. The summed E-state index contributed by atoms with van der Waals surface area (Å²) in [6.07, 6.45) is 3.28. The quantitative estimate of drug-likeness (QED) is 0.886. The van der Waals surface area contributed by atoms with E-state index in [2.05, 4.69) is 48.1 Å². The molecule has 0 radical (unpaired) electrons. The molecule has 100 valence electrons. The van der Waals surface area contributed by atoms with Crippen LogP contribution >= 0.6 is 0 Å². The van der Waals surface area contributed by atoms with Crippen LogP contribution in [0.5, 0.6) is 0 Å². The van der Waals surface area contributed by atoms with Crippen molar-refractivity contribution in [2.45, 2.75) is 33.7 Å². The van der Waals surface area contributed by atoms with Crippen LogP contribution in [0, 0.1) is 11.8 Å². The van der Waals surface area contributed by atoms with Crippen molar-refractivity contribution in [1.82, 2.24) is 10.3 Å². The van der Waals surface area contributed by atoms with Gasteiger partial charge in [0.05, 0.1) is 0 Å². The lowest BCUT2D eigenvalue weighted by Crippen LogP contribution is -2.38. The van der Waals surface area contributed by atoms with Crippen LogP contribution in [-0.2, 0) is 6.54 Å². The van der Waals surface area contributed by atoms with Crippen LogP contribution in [0.4, 0.5) is 5.82 Å². The SMILES string of the molecule is CCNCc1ccc(N2CCC(C)C(C)C2)nc1. The van der Waals surface area contributed by atoms with E-state index in [0.717, 1.165) is 43.8 Å². The number of rotatable bonds is 4. The Morgan fingerprint density at radius 2 is 2.17 bits per heavy atom. The van der Waals surface area contributed by atoms with E-state index in [1.807, 2.05) is 6.20 Å². The van der Waals surface area contributed by atoms with Crippen molar-refractivity contribution < 1.29 is 0 Å². The molecule has 0 amide bonds. The van der Waals surface area contributed by atoms with E-state index in [1.165, 1.54) is 12.0 Å². The summed E-state index contributed by atoms with van der Waals surface area (Å²) in [5.41, 5.74) is 1.26. The average Bonchev–Trinajstić information content (AvgIpc) is 2.40. The van der Waals surface area contributed by atoms with Crippen molar-refractivity contribution >= 4 is 5.82 Å². The second-order valence-corrected chi connectivity index (χ2v) is 5.49. The molecule has 0 aromatic carbocycles. The summed E-state index contributed by atoms with van der Waals surface area (Å²) in [4.78, 5) is 7.02. The first-order valence-corrected chi connectivity index (χ1v) is 7.11. The number of nitrogens with one attached hydrogen (secondary N) is 1. The minimum atomic E-state index is 0.766. The summed E-state index contributed by atoms with van der Waals surface area (Å²) in [5, 5.41) is 3.32. The van der Waals surface area contributed by atoms with E-state index >= 15 is 0 Å². The highest BCUT2D eigenvalue weighted by Crippen LogP contribution is 2.25. The molecule has 2 unspecified atom stereocenters. The summed E-state index contributed by atoms with van der Waals surface area (Å²) in [6, 6.07) is 4.35. The van der Waals surface area contributed by atoms with Crippen molar-refractivity contribution in [1.29, 1.82) is 0 Å². The fourth-order valence-electron chi connectivity index (χ4n) is 2.45. The van der Waals surface area contributed by atoms with Gasteiger partial charge >= 0.3 is 0 Å². The molecule has 2 atom stereocenters. The molecule has 2 rings (SSSR count). The summed E-state index contributed by atoms with van der Waals surface area (Å²) >= 11 is 0. The van der Waals surface area contributed by atoms with Crippen molar-refractivity contribution in [3.05, 3.63) is 23.9 Å². The predicted molar refractivity (Wildman–Crippen MR) is 76.8 cm³/mol. The molecule has 2 heterocycles. The lowest BCUT2D eigenvalue weighted by molar-refractivity contribution is 0.323. The third-order valence-corrected chi connectivity index (χ3v) is 4.05. The van der Waals surface area contributed by atoms with Gasteiger partial charge in [0.1, 0.15) is 5.82 Å². The number of piperidine rings is 1. The highest BCUT2D eigenvalue weighted by Gasteiger charge is 2.23.